The number of benzene rings is 2. The molecule has 0 saturated carbocycles. The fourth-order valence-corrected chi connectivity index (χ4v) is 2.65. The van der Waals surface area contributed by atoms with Gasteiger partial charge in [0.25, 0.3) is 5.91 Å². The molecule has 0 aliphatic heterocycles. The van der Waals surface area contributed by atoms with E-state index in [1.54, 1.807) is 42.5 Å². The van der Waals surface area contributed by atoms with E-state index >= 15 is 0 Å². The van der Waals surface area contributed by atoms with Gasteiger partial charge in [-0.05, 0) is 36.8 Å². The van der Waals surface area contributed by atoms with E-state index in [-0.39, 0.29) is 24.4 Å². The molecule has 23 heavy (non-hydrogen) atoms. The molecule has 0 spiro atoms. The SMILES string of the molecule is C[C@@H](NC(=O)CNC(=O)c1ccccc1)c1ccc(Cl)cc1Cl. The molecular weight excluding hydrogens is 335 g/mol. The predicted molar refractivity (Wildman–Crippen MR) is 91.8 cm³/mol. The van der Waals surface area contributed by atoms with E-state index in [4.69, 9.17) is 23.2 Å². The summed E-state index contributed by atoms with van der Waals surface area (Å²) in [5, 5.41) is 6.38. The summed E-state index contributed by atoms with van der Waals surface area (Å²) in [6.45, 7) is 1.70. The van der Waals surface area contributed by atoms with Crippen molar-refractivity contribution < 1.29 is 9.59 Å². The highest BCUT2D eigenvalue weighted by atomic mass is 35.5. The van der Waals surface area contributed by atoms with Gasteiger partial charge in [0.05, 0.1) is 12.6 Å². The van der Waals surface area contributed by atoms with Gasteiger partial charge in [-0.1, -0.05) is 47.5 Å². The normalized spacial score (nSPS) is 11.6. The summed E-state index contributed by atoms with van der Waals surface area (Å²) in [6, 6.07) is 13.5. The lowest BCUT2D eigenvalue weighted by Crippen LogP contribution is -2.38. The summed E-state index contributed by atoms with van der Waals surface area (Å²) in [5.74, 6) is -0.592. The molecule has 120 valence electrons. The fourth-order valence-electron chi connectivity index (χ4n) is 2.08. The first-order chi connectivity index (χ1) is 11.0. The zero-order valence-electron chi connectivity index (χ0n) is 12.5. The molecule has 0 unspecified atom stereocenters. The average Bonchev–Trinajstić information content (AvgIpc) is 2.53. The first-order valence-electron chi connectivity index (χ1n) is 7.05. The van der Waals surface area contributed by atoms with Crippen molar-refractivity contribution in [2.24, 2.45) is 0 Å². The summed E-state index contributed by atoms with van der Waals surface area (Å²) in [7, 11) is 0. The molecule has 0 bridgehead atoms. The van der Waals surface area contributed by atoms with Gasteiger partial charge in [-0.3, -0.25) is 9.59 Å². The quantitative estimate of drug-likeness (QED) is 0.865. The minimum absolute atomic E-state index is 0.108. The second kappa shape index (κ2) is 7.99. The van der Waals surface area contributed by atoms with Gasteiger partial charge in [0.15, 0.2) is 0 Å². The first kappa shape index (κ1) is 17.3. The van der Waals surface area contributed by atoms with Crippen molar-refractivity contribution in [2.75, 3.05) is 6.54 Å². The third kappa shape index (κ3) is 4.98. The van der Waals surface area contributed by atoms with Gasteiger partial charge in [0.2, 0.25) is 5.91 Å². The number of carbonyl (C=O) groups is 2. The topological polar surface area (TPSA) is 58.2 Å². The molecular formula is C17H16Cl2N2O2. The lowest BCUT2D eigenvalue weighted by molar-refractivity contribution is -0.120. The molecule has 0 heterocycles. The van der Waals surface area contributed by atoms with Gasteiger partial charge in [-0.25, -0.2) is 0 Å². The van der Waals surface area contributed by atoms with Gasteiger partial charge in [-0.15, -0.1) is 0 Å². The van der Waals surface area contributed by atoms with Crippen molar-refractivity contribution >= 4 is 35.0 Å². The minimum Gasteiger partial charge on any atom is -0.348 e. The Labute approximate surface area is 144 Å². The lowest BCUT2D eigenvalue weighted by atomic mass is 10.1. The van der Waals surface area contributed by atoms with Crippen LogP contribution < -0.4 is 10.6 Å². The fraction of sp³-hybridized carbons (Fsp3) is 0.176. The smallest absolute Gasteiger partial charge is 0.251 e. The molecule has 1 atom stereocenters. The van der Waals surface area contributed by atoms with Crippen LogP contribution in [-0.2, 0) is 4.79 Å². The van der Waals surface area contributed by atoms with Crippen molar-refractivity contribution in [3.8, 4) is 0 Å². The Bertz CT molecular complexity index is 705. The molecule has 2 aromatic rings. The number of carbonyl (C=O) groups excluding carboxylic acids is 2. The van der Waals surface area contributed by atoms with Gasteiger partial charge in [0.1, 0.15) is 0 Å². The van der Waals surface area contributed by atoms with Crippen LogP contribution in [0.25, 0.3) is 0 Å². The first-order valence-corrected chi connectivity index (χ1v) is 7.80. The van der Waals surface area contributed by atoms with Crippen molar-refractivity contribution in [1.29, 1.82) is 0 Å². The predicted octanol–water partition coefficient (Wildman–Crippen LogP) is 3.60. The molecule has 2 aromatic carbocycles. The molecule has 2 rings (SSSR count). The zero-order valence-corrected chi connectivity index (χ0v) is 14.0. The van der Waals surface area contributed by atoms with E-state index in [2.05, 4.69) is 10.6 Å². The maximum atomic E-state index is 11.9. The summed E-state index contributed by atoms with van der Waals surface area (Å²) in [6.07, 6.45) is 0. The Morgan fingerprint density at radius 1 is 1.09 bits per heavy atom. The summed E-state index contributed by atoms with van der Waals surface area (Å²) in [4.78, 5) is 23.8. The number of halogens is 2. The van der Waals surface area contributed by atoms with E-state index in [1.807, 2.05) is 13.0 Å². The maximum Gasteiger partial charge on any atom is 0.251 e. The third-order valence-corrected chi connectivity index (χ3v) is 3.81. The lowest BCUT2D eigenvalue weighted by Gasteiger charge is -2.16. The highest BCUT2D eigenvalue weighted by Gasteiger charge is 2.14. The van der Waals surface area contributed by atoms with Crippen LogP contribution in [0.15, 0.2) is 48.5 Å². The second-order valence-corrected chi connectivity index (χ2v) is 5.85. The Balaban J connectivity index is 1.88. The van der Waals surface area contributed by atoms with Crippen LogP contribution in [0.1, 0.15) is 28.9 Å². The monoisotopic (exact) mass is 350 g/mol. The standard InChI is InChI=1S/C17H16Cl2N2O2/c1-11(14-8-7-13(18)9-15(14)19)21-16(22)10-20-17(23)12-5-3-2-4-6-12/h2-9,11H,10H2,1H3,(H,20,23)(H,21,22)/t11-/m1/s1. The van der Waals surface area contributed by atoms with Crippen molar-refractivity contribution in [1.82, 2.24) is 10.6 Å². The molecule has 0 radical (unpaired) electrons. The zero-order chi connectivity index (χ0) is 16.8. The van der Waals surface area contributed by atoms with E-state index in [0.29, 0.717) is 15.6 Å². The Morgan fingerprint density at radius 3 is 2.43 bits per heavy atom. The van der Waals surface area contributed by atoms with E-state index in [0.717, 1.165) is 5.56 Å². The average molecular weight is 351 g/mol. The Kier molecular flexibility index (Phi) is 6.02. The van der Waals surface area contributed by atoms with Crippen LogP contribution in [-0.4, -0.2) is 18.4 Å². The molecule has 0 fully saturated rings. The molecule has 2 amide bonds. The Morgan fingerprint density at radius 2 is 1.78 bits per heavy atom. The van der Waals surface area contributed by atoms with Crippen LogP contribution in [0, 0.1) is 0 Å². The number of amides is 2. The van der Waals surface area contributed by atoms with Crippen LogP contribution in [0.5, 0.6) is 0 Å². The highest BCUT2D eigenvalue weighted by molar-refractivity contribution is 6.35. The largest absolute Gasteiger partial charge is 0.348 e. The molecule has 4 nitrogen and oxygen atoms in total. The molecule has 6 heteroatoms. The van der Waals surface area contributed by atoms with Crippen LogP contribution in [0.4, 0.5) is 0 Å². The van der Waals surface area contributed by atoms with Crippen molar-refractivity contribution in [2.45, 2.75) is 13.0 Å². The minimum atomic E-state index is -0.298. The number of nitrogens with one attached hydrogen (secondary N) is 2. The van der Waals surface area contributed by atoms with Crippen molar-refractivity contribution in [3.05, 3.63) is 69.7 Å². The molecule has 2 N–H and O–H groups in total. The summed E-state index contributed by atoms with van der Waals surface area (Å²) in [5.41, 5.74) is 1.27. The van der Waals surface area contributed by atoms with E-state index in [9.17, 15) is 9.59 Å². The number of rotatable bonds is 5. The van der Waals surface area contributed by atoms with E-state index < -0.39 is 0 Å². The third-order valence-electron chi connectivity index (χ3n) is 3.25. The molecule has 0 aromatic heterocycles. The van der Waals surface area contributed by atoms with Crippen molar-refractivity contribution in [3.63, 3.8) is 0 Å². The van der Waals surface area contributed by atoms with Gasteiger partial charge < -0.3 is 10.6 Å². The van der Waals surface area contributed by atoms with Crippen LogP contribution >= 0.6 is 23.2 Å². The summed E-state index contributed by atoms with van der Waals surface area (Å²) >= 11 is 12.0. The number of hydrogen-bond donors (Lipinski definition) is 2. The van der Waals surface area contributed by atoms with Crippen LogP contribution in [0.3, 0.4) is 0 Å². The molecule has 0 aliphatic carbocycles. The van der Waals surface area contributed by atoms with Gasteiger partial charge in [0, 0.05) is 15.6 Å². The number of hydrogen-bond acceptors (Lipinski definition) is 2. The van der Waals surface area contributed by atoms with E-state index in [1.165, 1.54) is 0 Å². The van der Waals surface area contributed by atoms with Crippen LogP contribution in [0.2, 0.25) is 10.0 Å². The van der Waals surface area contributed by atoms with Gasteiger partial charge >= 0.3 is 0 Å². The maximum absolute atomic E-state index is 11.9. The molecule has 0 aliphatic rings. The Hall–Kier alpha value is -2.04. The highest BCUT2D eigenvalue weighted by Crippen LogP contribution is 2.25. The van der Waals surface area contributed by atoms with Gasteiger partial charge in [-0.2, -0.15) is 0 Å². The second-order valence-electron chi connectivity index (χ2n) is 5.00. The molecule has 0 saturated heterocycles. The summed E-state index contributed by atoms with van der Waals surface area (Å²) < 4.78 is 0.